The lowest BCUT2D eigenvalue weighted by Crippen LogP contribution is -2.33. The fourth-order valence-corrected chi connectivity index (χ4v) is 1.87. The number of esters is 1. The third-order valence-electron chi connectivity index (χ3n) is 2.85. The first kappa shape index (κ1) is 20.5. The zero-order valence-electron chi connectivity index (χ0n) is 15.3. The summed E-state index contributed by atoms with van der Waals surface area (Å²) >= 11 is 0. The number of aromatic nitrogens is 2. The average Bonchev–Trinajstić information content (AvgIpc) is 2.82. The number of aryl methyl sites for hydroxylation is 1. The van der Waals surface area contributed by atoms with E-state index in [1.54, 1.807) is 34.7 Å². The van der Waals surface area contributed by atoms with E-state index in [-0.39, 0.29) is 30.6 Å². The van der Waals surface area contributed by atoms with Gasteiger partial charge in [0, 0.05) is 26.2 Å². The summed E-state index contributed by atoms with van der Waals surface area (Å²) < 4.78 is 11.5. The van der Waals surface area contributed by atoms with E-state index >= 15 is 0 Å². The molecule has 0 bridgehead atoms. The van der Waals surface area contributed by atoms with Crippen molar-refractivity contribution >= 4 is 23.8 Å². The average molecular weight is 354 g/mol. The van der Waals surface area contributed by atoms with Gasteiger partial charge in [0.1, 0.15) is 5.60 Å². The largest absolute Gasteiger partial charge is 0.460 e. The lowest BCUT2D eigenvalue weighted by atomic mass is 10.2. The van der Waals surface area contributed by atoms with E-state index in [1.165, 1.54) is 10.8 Å². The molecule has 0 aliphatic heterocycles. The van der Waals surface area contributed by atoms with Gasteiger partial charge in [0.15, 0.2) is 5.82 Å². The number of hydrogen-bond donors (Lipinski definition) is 2. The summed E-state index contributed by atoms with van der Waals surface area (Å²) in [7, 11) is 1.64. The van der Waals surface area contributed by atoms with Gasteiger partial charge in [0.2, 0.25) is 11.7 Å². The number of imidazole rings is 1. The van der Waals surface area contributed by atoms with Crippen molar-refractivity contribution in [1.29, 1.82) is 0 Å². The Balaban J connectivity index is 2.37. The number of nitrogens with zero attached hydrogens (tertiary/aromatic N) is 2. The molecule has 25 heavy (non-hydrogen) atoms. The maximum atomic E-state index is 11.9. The molecule has 0 unspecified atom stereocenters. The molecule has 0 radical (unpaired) electrons. The van der Waals surface area contributed by atoms with E-state index in [1.807, 2.05) is 0 Å². The van der Waals surface area contributed by atoms with Crippen LogP contribution in [-0.4, -0.2) is 46.3 Å². The number of amides is 2. The van der Waals surface area contributed by atoms with Crippen molar-refractivity contribution in [2.75, 3.05) is 18.5 Å². The summed E-state index contributed by atoms with van der Waals surface area (Å²) in [5.74, 6) is -0.425. The minimum Gasteiger partial charge on any atom is -0.460 e. The minimum atomic E-state index is -0.558. The van der Waals surface area contributed by atoms with Crippen molar-refractivity contribution in [3.05, 3.63) is 12.0 Å². The summed E-state index contributed by atoms with van der Waals surface area (Å²) in [4.78, 5) is 39.0. The van der Waals surface area contributed by atoms with Crippen LogP contribution in [0.2, 0.25) is 0 Å². The predicted molar refractivity (Wildman–Crippen MR) is 91.3 cm³/mol. The lowest BCUT2D eigenvalue weighted by molar-refractivity contribution is -0.116. The predicted octanol–water partition coefficient (Wildman–Crippen LogP) is 1.84. The van der Waals surface area contributed by atoms with Crippen LogP contribution in [-0.2, 0) is 21.3 Å². The highest BCUT2D eigenvalue weighted by atomic mass is 16.6. The Hall–Kier alpha value is -2.58. The van der Waals surface area contributed by atoms with Gasteiger partial charge in [0.25, 0.3) is 0 Å². The molecule has 0 aliphatic carbocycles. The topological polar surface area (TPSA) is 112 Å². The van der Waals surface area contributed by atoms with Crippen molar-refractivity contribution in [2.24, 2.45) is 7.05 Å². The van der Waals surface area contributed by atoms with Crippen molar-refractivity contribution in [2.45, 2.75) is 46.1 Å². The Kier molecular flexibility index (Phi) is 7.41. The normalized spacial score (nSPS) is 10.9. The number of alkyl carbamates (subject to hydrolysis) is 1. The summed E-state index contributed by atoms with van der Waals surface area (Å²) in [5, 5.41) is 5.18. The number of anilines is 1. The van der Waals surface area contributed by atoms with E-state index in [0.717, 1.165) is 0 Å². The fraction of sp³-hybridized carbons (Fsp3) is 0.625. The van der Waals surface area contributed by atoms with Crippen molar-refractivity contribution in [3.63, 3.8) is 0 Å². The van der Waals surface area contributed by atoms with Crippen molar-refractivity contribution in [3.8, 4) is 0 Å². The molecule has 2 N–H and O–H groups in total. The first-order valence-electron chi connectivity index (χ1n) is 8.09. The molecule has 1 aromatic rings. The first-order valence-corrected chi connectivity index (χ1v) is 8.09. The molecule has 0 saturated heterocycles. The van der Waals surface area contributed by atoms with Crippen LogP contribution in [0.1, 0.15) is 51.2 Å². The Labute approximate surface area is 147 Å². The second-order valence-corrected chi connectivity index (χ2v) is 6.36. The number of carbonyl (C=O) groups is 3. The second kappa shape index (κ2) is 9.05. The number of carbonyl (C=O) groups excluding carboxylic acids is 3. The van der Waals surface area contributed by atoms with Gasteiger partial charge in [-0.25, -0.2) is 14.6 Å². The summed E-state index contributed by atoms with van der Waals surface area (Å²) in [6.45, 7) is 7.60. The molecule has 1 rings (SSSR count). The van der Waals surface area contributed by atoms with Gasteiger partial charge >= 0.3 is 12.1 Å². The highest BCUT2D eigenvalue weighted by Crippen LogP contribution is 2.09. The second-order valence-electron chi connectivity index (χ2n) is 6.36. The molecule has 0 atom stereocenters. The van der Waals surface area contributed by atoms with Crippen molar-refractivity contribution < 1.29 is 23.9 Å². The fourth-order valence-electron chi connectivity index (χ4n) is 1.87. The van der Waals surface area contributed by atoms with Crippen LogP contribution in [0.3, 0.4) is 0 Å². The molecule has 9 nitrogen and oxygen atoms in total. The molecule has 9 heteroatoms. The molecule has 0 aliphatic rings. The van der Waals surface area contributed by atoms with Crippen LogP contribution in [0.15, 0.2) is 6.20 Å². The molecule has 140 valence electrons. The van der Waals surface area contributed by atoms with E-state index < -0.39 is 17.7 Å². The van der Waals surface area contributed by atoms with E-state index in [0.29, 0.717) is 13.0 Å². The summed E-state index contributed by atoms with van der Waals surface area (Å²) in [6.07, 6.45) is 1.66. The maximum Gasteiger partial charge on any atom is 0.407 e. The Bertz CT molecular complexity index is 619. The van der Waals surface area contributed by atoms with Gasteiger partial charge in [-0.05, 0) is 34.1 Å². The highest BCUT2D eigenvalue weighted by Gasteiger charge is 2.17. The summed E-state index contributed by atoms with van der Waals surface area (Å²) in [5.41, 5.74) is -0.558. The van der Waals surface area contributed by atoms with Gasteiger partial charge in [-0.2, -0.15) is 0 Å². The zero-order valence-corrected chi connectivity index (χ0v) is 15.3. The third kappa shape index (κ3) is 7.69. The molecule has 0 spiro atoms. The molecular formula is C16H26N4O5. The van der Waals surface area contributed by atoms with Gasteiger partial charge < -0.3 is 24.7 Å². The Morgan fingerprint density at radius 3 is 2.56 bits per heavy atom. The molecule has 1 aromatic heterocycles. The van der Waals surface area contributed by atoms with Crippen LogP contribution in [0.4, 0.5) is 10.6 Å². The van der Waals surface area contributed by atoms with Gasteiger partial charge in [-0.15, -0.1) is 0 Å². The van der Waals surface area contributed by atoms with E-state index in [4.69, 9.17) is 9.47 Å². The van der Waals surface area contributed by atoms with Crippen LogP contribution in [0.5, 0.6) is 0 Å². The number of nitrogens with one attached hydrogen (secondary N) is 2. The Morgan fingerprint density at radius 2 is 1.96 bits per heavy atom. The monoisotopic (exact) mass is 354 g/mol. The first-order chi connectivity index (χ1) is 11.6. The zero-order chi connectivity index (χ0) is 19.0. The highest BCUT2D eigenvalue weighted by molar-refractivity contribution is 5.91. The van der Waals surface area contributed by atoms with E-state index in [9.17, 15) is 14.4 Å². The third-order valence-corrected chi connectivity index (χ3v) is 2.85. The van der Waals surface area contributed by atoms with Crippen LogP contribution >= 0.6 is 0 Å². The molecule has 0 aromatic carbocycles. The SMILES string of the molecule is CCOC(=O)c1nc(NC(=O)CCCNC(=O)OC(C)(C)C)cn1C. The van der Waals surface area contributed by atoms with Crippen molar-refractivity contribution in [1.82, 2.24) is 14.9 Å². The number of ether oxygens (including phenoxy) is 2. The molecular weight excluding hydrogens is 328 g/mol. The molecule has 1 heterocycles. The summed E-state index contributed by atoms with van der Waals surface area (Å²) in [6, 6.07) is 0. The van der Waals surface area contributed by atoms with Crippen LogP contribution < -0.4 is 10.6 Å². The van der Waals surface area contributed by atoms with E-state index in [2.05, 4.69) is 15.6 Å². The molecule has 0 fully saturated rings. The Morgan fingerprint density at radius 1 is 1.28 bits per heavy atom. The van der Waals surface area contributed by atoms with Gasteiger partial charge in [0.05, 0.1) is 6.61 Å². The minimum absolute atomic E-state index is 0.115. The number of hydrogen-bond acceptors (Lipinski definition) is 6. The standard InChI is InChI=1S/C16H26N4O5/c1-6-24-14(22)13-19-11(10-20(13)5)18-12(21)8-7-9-17-15(23)25-16(2,3)4/h10H,6-9H2,1-5H3,(H,17,23)(H,18,21). The van der Waals surface area contributed by atoms with Crippen LogP contribution in [0, 0.1) is 0 Å². The quantitative estimate of drug-likeness (QED) is 0.571. The molecule has 2 amide bonds. The molecule has 0 saturated carbocycles. The van der Waals surface area contributed by atoms with Gasteiger partial charge in [-0.3, -0.25) is 4.79 Å². The lowest BCUT2D eigenvalue weighted by Gasteiger charge is -2.19. The smallest absolute Gasteiger partial charge is 0.407 e. The maximum absolute atomic E-state index is 11.9. The number of rotatable bonds is 7. The van der Waals surface area contributed by atoms with Gasteiger partial charge in [-0.1, -0.05) is 0 Å². The van der Waals surface area contributed by atoms with Crippen LogP contribution in [0.25, 0.3) is 0 Å².